The zero-order valence-electron chi connectivity index (χ0n) is 11.6. The maximum absolute atomic E-state index is 12.1. The molecule has 0 spiro atoms. The summed E-state index contributed by atoms with van der Waals surface area (Å²) in [5, 5.41) is 3.19. The summed E-state index contributed by atoms with van der Waals surface area (Å²) in [6.45, 7) is 8.94. The highest BCUT2D eigenvalue weighted by molar-refractivity contribution is 5.70. The molecular formula is C13H20N4O2. The second-order valence-electron chi connectivity index (χ2n) is 5.57. The fraction of sp³-hybridized carbons (Fsp3) is 0.615. The van der Waals surface area contributed by atoms with Crippen molar-refractivity contribution in [3.8, 4) is 5.88 Å². The van der Waals surface area contributed by atoms with E-state index in [0.29, 0.717) is 24.7 Å². The lowest BCUT2D eigenvalue weighted by molar-refractivity contribution is 0.143. The molecule has 0 saturated carbocycles. The van der Waals surface area contributed by atoms with Crippen LogP contribution in [-0.4, -0.2) is 47.1 Å². The Morgan fingerprint density at radius 1 is 1.26 bits per heavy atom. The van der Waals surface area contributed by atoms with Crippen molar-refractivity contribution in [2.75, 3.05) is 26.2 Å². The van der Waals surface area contributed by atoms with Gasteiger partial charge in [0, 0.05) is 44.0 Å². The average Bonchev–Trinajstić information content (AvgIpc) is 2.39. The number of carbonyl (C=O) groups excluding carboxylic acids is 1. The summed E-state index contributed by atoms with van der Waals surface area (Å²) in [6, 6.07) is 0. The summed E-state index contributed by atoms with van der Waals surface area (Å²) in [4.78, 5) is 22.1. The Labute approximate surface area is 113 Å². The number of nitrogens with zero attached hydrogens (tertiary/aromatic N) is 3. The Balaban J connectivity index is 2.12. The Bertz CT molecular complexity index is 450. The van der Waals surface area contributed by atoms with E-state index in [-0.39, 0.29) is 11.5 Å². The lowest BCUT2D eigenvalue weighted by Gasteiger charge is -2.27. The van der Waals surface area contributed by atoms with Crippen molar-refractivity contribution in [2.24, 2.45) is 0 Å². The minimum Gasteiger partial charge on any atom is -0.389 e. The first-order valence-electron chi connectivity index (χ1n) is 6.47. The highest BCUT2D eigenvalue weighted by atomic mass is 16.6. The molecule has 1 aliphatic heterocycles. The van der Waals surface area contributed by atoms with Gasteiger partial charge in [0.25, 0.3) is 0 Å². The molecule has 19 heavy (non-hydrogen) atoms. The van der Waals surface area contributed by atoms with Crippen LogP contribution in [0.15, 0.2) is 12.4 Å². The molecule has 1 aromatic rings. The van der Waals surface area contributed by atoms with E-state index >= 15 is 0 Å². The first-order chi connectivity index (χ1) is 8.98. The van der Waals surface area contributed by atoms with Gasteiger partial charge in [0.05, 0.1) is 0 Å². The van der Waals surface area contributed by atoms with Gasteiger partial charge in [-0.1, -0.05) is 20.8 Å². The molecule has 0 unspecified atom stereocenters. The van der Waals surface area contributed by atoms with E-state index in [1.165, 1.54) is 6.20 Å². The standard InChI is InChI=1S/C13H20N4O2/c1-13(2,3)10-11(16-5-4-15-10)19-12(18)17-8-6-14-7-9-17/h4-5,14H,6-9H2,1-3H3. The zero-order chi connectivity index (χ0) is 13.9. The Morgan fingerprint density at radius 3 is 2.53 bits per heavy atom. The number of hydrogen-bond donors (Lipinski definition) is 1. The summed E-state index contributed by atoms with van der Waals surface area (Å²) in [5.41, 5.74) is 0.478. The van der Waals surface area contributed by atoms with Crippen LogP contribution in [0.3, 0.4) is 0 Å². The minimum atomic E-state index is -0.354. The number of amides is 1. The van der Waals surface area contributed by atoms with Crippen molar-refractivity contribution in [1.29, 1.82) is 0 Å². The molecule has 1 N–H and O–H groups in total. The van der Waals surface area contributed by atoms with Crippen LogP contribution < -0.4 is 10.1 Å². The van der Waals surface area contributed by atoms with Crippen LogP contribution in [0.2, 0.25) is 0 Å². The largest absolute Gasteiger partial charge is 0.416 e. The maximum atomic E-state index is 12.1. The monoisotopic (exact) mass is 264 g/mol. The number of piperazine rings is 1. The number of ether oxygens (including phenoxy) is 1. The highest BCUT2D eigenvalue weighted by Gasteiger charge is 2.25. The lowest BCUT2D eigenvalue weighted by atomic mass is 9.92. The van der Waals surface area contributed by atoms with Crippen LogP contribution in [0, 0.1) is 0 Å². The molecule has 104 valence electrons. The quantitative estimate of drug-likeness (QED) is 0.825. The van der Waals surface area contributed by atoms with Crippen LogP contribution in [0.25, 0.3) is 0 Å². The molecule has 1 amide bonds. The van der Waals surface area contributed by atoms with Gasteiger partial charge in [-0.15, -0.1) is 0 Å². The van der Waals surface area contributed by atoms with E-state index in [2.05, 4.69) is 15.3 Å². The van der Waals surface area contributed by atoms with Crippen LogP contribution in [0.5, 0.6) is 5.88 Å². The van der Waals surface area contributed by atoms with Crippen LogP contribution in [0.1, 0.15) is 26.5 Å². The molecule has 6 heteroatoms. The van der Waals surface area contributed by atoms with E-state index in [1.54, 1.807) is 11.1 Å². The molecule has 0 bridgehead atoms. The molecular weight excluding hydrogens is 244 g/mol. The third-order valence-corrected chi connectivity index (χ3v) is 2.93. The van der Waals surface area contributed by atoms with E-state index < -0.39 is 0 Å². The number of aromatic nitrogens is 2. The van der Waals surface area contributed by atoms with Gasteiger partial charge in [-0.3, -0.25) is 4.98 Å². The summed E-state index contributed by atoms with van der Waals surface area (Å²) in [5.74, 6) is 0.304. The normalized spacial score (nSPS) is 16.3. The summed E-state index contributed by atoms with van der Waals surface area (Å²) < 4.78 is 5.40. The van der Waals surface area contributed by atoms with E-state index in [9.17, 15) is 4.79 Å². The Hall–Kier alpha value is -1.69. The average molecular weight is 264 g/mol. The summed E-state index contributed by atoms with van der Waals surface area (Å²) in [7, 11) is 0. The number of carbonyl (C=O) groups is 1. The van der Waals surface area contributed by atoms with Gasteiger partial charge in [-0.2, -0.15) is 0 Å². The van der Waals surface area contributed by atoms with Crippen LogP contribution >= 0.6 is 0 Å². The molecule has 0 aromatic carbocycles. The highest BCUT2D eigenvalue weighted by Crippen LogP contribution is 2.27. The molecule has 0 atom stereocenters. The Kier molecular flexibility index (Phi) is 3.99. The predicted octanol–water partition coefficient (Wildman–Crippen LogP) is 1.18. The molecule has 2 rings (SSSR count). The van der Waals surface area contributed by atoms with Gasteiger partial charge in [0.15, 0.2) is 0 Å². The van der Waals surface area contributed by atoms with Gasteiger partial charge in [-0.25, -0.2) is 9.78 Å². The van der Waals surface area contributed by atoms with Crippen molar-refractivity contribution in [3.05, 3.63) is 18.1 Å². The van der Waals surface area contributed by atoms with Gasteiger partial charge in [-0.05, 0) is 0 Å². The summed E-state index contributed by atoms with van der Waals surface area (Å²) >= 11 is 0. The van der Waals surface area contributed by atoms with Gasteiger partial charge in [0.2, 0.25) is 5.88 Å². The third kappa shape index (κ3) is 3.41. The van der Waals surface area contributed by atoms with Crippen LogP contribution in [0.4, 0.5) is 4.79 Å². The Morgan fingerprint density at radius 2 is 1.89 bits per heavy atom. The van der Waals surface area contributed by atoms with Gasteiger partial charge in [0.1, 0.15) is 5.69 Å². The second-order valence-corrected chi connectivity index (χ2v) is 5.57. The fourth-order valence-corrected chi connectivity index (χ4v) is 1.91. The molecule has 2 heterocycles. The lowest BCUT2D eigenvalue weighted by Crippen LogP contribution is -2.47. The van der Waals surface area contributed by atoms with E-state index in [4.69, 9.17) is 4.74 Å². The number of rotatable bonds is 1. The molecule has 0 radical (unpaired) electrons. The maximum Gasteiger partial charge on any atom is 0.416 e. The molecule has 1 saturated heterocycles. The molecule has 1 aromatic heterocycles. The van der Waals surface area contributed by atoms with E-state index in [0.717, 1.165) is 13.1 Å². The van der Waals surface area contributed by atoms with E-state index in [1.807, 2.05) is 20.8 Å². The smallest absolute Gasteiger partial charge is 0.389 e. The van der Waals surface area contributed by atoms with Gasteiger partial charge < -0.3 is 15.0 Å². The molecule has 6 nitrogen and oxygen atoms in total. The summed E-state index contributed by atoms with van der Waals surface area (Å²) in [6.07, 6.45) is 2.80. The van der Waals surface area contributed by atoms with Crippen molar-refractivity contribution in [1.82, 2.24) is 20.2 Å². The van der Waals surface area contributed by atoms with Crippen LogP contribution in [-0.2, 0) is 5.41 Å². The van der Waals surface area contributed by atoms with Crippen molar-refractivity contribution < 1.29 is 9.53 Å². The topological polar surface area (TPSA) is 67.4 Å². The number of hydrogen-bond acceptors (Lipinski definition) is 5. The zero-order valence-corrected chi connectivity index (χ0v) is 11.6. The molecule has 1 aliphatic rings. The molecule has 1 fully saturated rings. The third-order valence-electron chi connectivity index (χ3n) is 2.93. The van der Waals surface area contributed by atoms with Crippen molar-refractivity contribution in [2.45, 2.75) is 26.2 Å². The predicted molar refractivity (Wildman–Crippen MR) is 71.2 cm³/mol. The minimum absolute atomic E-state index is 0.215. The first-order valence-corrected chi connectivity index (χ1v) is 6.47. The first kappa shape index (κ1) is 13.7. The second kappa shape index (κ2) is 5.52. The van der Waals surface area contributed by atoms with Crippen molar-refractivity contribution in [3.63, 3.8) is 0 Å². The van der Waals surface area contributed by atoms with Crippen molar-refractivity contribution >= 4 is 6.09 Å². The molecule has 0 aliphatic carbocycles. The fourth-order valence-electron chi connectivity index (χ4n) is 1.91. The number of nitrogens with one attached hydrogen (secondary N) is 1. The van der Waals surface area contributed by atoms with Gasteiger partial charge >= 0.3 is 6.09 Å². The SMILES string of the molecule is CC(C)(C)c1nccnc1OC(=O)N1CCNCC1.